The van der Waals surface area contributed by atoms with Crippen LogP contribution in [0.2, 0.25) is 0 Å². The maximum absolute atomic E-state index is 12.5. The van der Waals surface area contributed by atoms with Crippen molar-refractivity contribution in [2.45, 2.75) is 57.1 Å². The molecule has 0 radical (unpaired) electrons. The summed E-state index contributed by atoms with van der Waals surface area (Å²) in [4.78, 5) is 12.3. The number of amides is 1. The van der Waals surface area contributed by atoms with Crippen molar-refractivity contribution >= 4 is 15.9 Å². The fourth-order valence-corrected chi connectivity index (χ4v) is 4.84. The molecule has 25 heavy (non-hydrogen) atoms. The summed E-state index contributed by atoms with van der Waals surface area (Å²) in [6.45, 7) is 1.15. The van der Waals surface area contributed by atoms with Gasteiger partial charge in [0.05, 0.1) is 0 Å². The number of alkyl halides is 2. The van der Waals surface area contributed by atoms with Gasteiger partial charge in [0.2, 0.25) is 5.91 Å². The number of carbonyl (C=O) groups is 1. The van der Waals surface area contributed by atoms with Crippen LogP contribution in [0.3, 0.4) is 0 Å². The van der Waals surface area contributed by atoms with Crippen molar-refractivity contribution in [1.82, 2.24) is 9.62 Å². The van der Waals surface area contributed by atoms with Gasteiger partial charge in [-0.25, -0.2) is 8.42 Å². The van der Waals surface area contributed by atoms with Gasteiger partial charge < -0.3 is 11.1 Å². The quantitative estimate of drug-likeness (QED) is 0.702. The number of sulfonamides is 1. The number of nitrogens with zero attached hydrogens (tertiary/aromatic N) is 1. The predicted octanol–water partition coefficient (Wildman–Crippen LogP) is 1.67. The second-order valence-electron chi connectivity index (χ2n) is 7.39. The lowest BCUT2D eigenvalue weighted by Gasteiger charge is -2.36. The highest BCUT2D eigenvalue weighted by molar-refractivity contribution is 7.89. The summed E-state index contributed by atoms with van der Waals surface area (Å²) in [7, 11) is -4.49. The lowest BCUT2D eigenvalue weighted by atomic mass is 9.71. The van der Waals surface area contributed by atoms with E-state index in [-0.39, 0.29) is 30.3 Å². The lowest BCUT2D eigenvalue weighted by Crippen LogP contribution is -2.44. The zero-order valence-electron chi connectivity index (χ0n) is 14.6. The molecule has 0 unspecified atom stereocenters. The van der Waals surface area contributed by atoms with Crippen LogP contribution in [0.1, 0.15) is 51.4 Å². The molecule has 6 nitrogen and oxygen atoms in total. The van der Waals surface area contributed by atoms with Crippen molar-refractivity contribution in [3.63, 3.8) is 0 Å². The van der Waals surface area contributed by atoms with Crippen molar-refractivity contribution in [2.75, 3.05) is 26.2 Å². The van der Waals surface area contributed by atoms with Gasteiger partial charge >= 0.3 is 5.76 Å². The summed E-state index contributed by atoms with van der Waals surface area (Å²) in [5, 5.41) is 2.92. The first-order valence-electron chi connectivity index (χ1n) is 9.03. The fraction of sp³-hybridized carbons (Fsp3) is 0.938. The van der Waals surface area contributed by atoms with E-state index in [1.54, 1.807) is 0 Å². The van der Waals surface area contributed by atoms with Gasteiger partial charge in [0.25, 0.3) is 10.0 Å². The van der Waals surface area contributed by atoms with E-state index < -0.39 is 15.8 Å². The van der Waals surface area contributed by atoms with Crippen LogP contribution in [0.15, 0.2) is 0 Å². The van der Waals surface area contributed by atoms with Gasteiger partial charge in [0, 0.05) is 26.1 Å². The highest BCUT2D eigenvalue weighted by atomic mass is 32.2. The smallest absolute Gasteiger partial charge is 0.350 e. The first-order valence-corrected chi connectivity index (χ1v) is 10.5. The zero-order chi connectivity index (χ0) is 18.5. The van der Waals surface area contributed by atoms with E-state index in [4.69, 9.17) is 5.73 Å². The third-order valence-corrected chi connectivity index (χ3v) is 7.16. The molecule has 0 aromatic rings. The van der Waals surface area contributed by atoms with Crippen LogP contribution in [0, 0.1) is 11.3 Å². The number of nitrogens with two attached hydrogens (primary N) is 1. The average Bonchev–Trinajstić information content (AvgIpc) is 2.61. The first kappa shape index (κ1) is 20.5. The molecule has 0 aromatic carbocycles. The van der Waals surface area contributed by atoms with E-state index in [1.165, 1.54) is 6.42 Å². The molecule has 0 bridgehead atoms. The van der Waals surface area contributed by atoms with Crippen molar-refractivity contribution in [2.24, 2.45) is 17.1 Å². The molecule has 2 aliphatic rings. The molecule has 0 aromatic heterocycles. The molecule has 9 heteroatoms. The van der Waals surface area contributed by atoms with E-state index in [9.17, 15) is 22.0 Å². The Bertz CT molecular complexity index is 543. The van der Waals surface area contributed by atoms with Crippen LogP contribution in [-0.2, 0) is 14.8 Å². The second kappa shape index (κ2) is 8.73. The van der Waals surface area contributed by atoms with Gasteiger partial charge in [0.1, 0.15) is 0 Å². The molecule has 146 valence electrons. The highest BCUT2D eigenvalue weighted by Crippen LogP contribution is 2.38. The second-order valence-corrected chi connectivity index (χ2v) is 9.30. The van der Waals surface area contributed by atoms with Crippen LogP contribution in [-0.4, -0.2) is 50.6 Å². The van der Waals surface area contributed by atoms with Crippen molar-refractivity contribution in [1.29, 1.82) is 0 Å². The Morgan fingerprint density at radius 1 is 1.20 bits per heavy atom. The van der Waals surface area contributed by atoms with Gasteiger partial charge in [-0.2, -0.15) is 13.1 Å². The number of rotatable bonds is 7. The minimum atomic E-state index is -4.49. The molecule has 2 fully saturated rings. The normalized spacial score (nSPS) is 22.9. The van der Waals surface area contributed by atoms with E-state index in [0.717, 1.165) is 30.0 Å². The number of nitrogens with one attached hydrogen (secondary N) is 1. The summed E-state index contributed by atoms with van der Waals surface area (Å²) >= 11 is 0. The summed E-state index contributed by atoms with van der Waals surface area (Å²) in [6, 6.07) is 0. The molecular weight excluding hydrogens is 352 g/mol. The molecule has 2 rings (SSSR count). The van der Waals surface area contributed by atoms with Crippen molar-refractivity contribution < 1.29 is 22.0 Å². The van der Waals surface area contributed by atoms with Crippen molar-refractivity contribution in [3.05, 3.63) is 0 Å². The molecule has 1 amide bonds. The van der Waals surface area contributed by atoms with E-state index in [2.05, 4.69) is 5.32 Å². The van der Waals surface area contributed by atoms with Crippen LogP contribution in [0.5, 0.6) is 0 Å². The maximum Gasteiger partial charge on any atom is 0.350 e. The first-order chi connectivity index (χ1) is 11.8. The SMILES string of the molecule is NCC1(CC(=O)NCC2CCN(S(=O)(=O)C(F)F)CC2)CCCCC1. The summed E-state index contributed by atoms with van der Waals surface area (Å²) < 4.78 is 48.8. The van der Waals surface area contributed by atoms with E-state index in [0.29, 0.717) is 32.4 Å². The minimum absolute atomic E-state index is 0.0185. The van der Waals surface area contributed by atoms with E-state index >= 15 is 0 Å². The third-order valence-electron chi connectivity index (χ3n) is 5.63. The van der Waals surface area contributed by atoms with Crippen LogP contribution in [0.4, 0.5) is 8.78 Å². The lowest BCUT2D eigenvalue weighted by molar-refractivity contribution is -0.124. The number of piperidine rings is 1. The van der Waals surface area contributed by atoms with Crippen LogP contribution in [0.25, 0.3) is 0 Å². The largest absolute Gasteiger partial charge is 0.356 e. The summed E-state index contributed by atoms with van der Waals surface area (Å²) in [5.41, 5.74) is 5.82. The molecule has 0 atom stereocenters. The van der Waals surface area contributed by atoms with Gasteiger partial charge in [-0.05, 0) is 43.6 Å². The fourth-order valence-electron chi connectivity index (χ4n) is 3.90. The molecule has 0 spiro atoms. The predicted molar refractivity (Wildman–Crippen MR) is 91.4 cm³/mol. The molecule has 3 N–H and O–H groups in total. The van der Waals surface area contributed by atoms with Gasteiger partial charge in [0.15, 0.2) is 0 Å². The highest BCUT2D eigenvalue weighted by Gasteiger charge is 2.35. The zero-order valence-corrected chi connectivity index (χ0v) is 15.4. The Kier molecular flexibility index (Phi) is 7.16. The van der Waals surface area contributed by atoms with E-state index in [1.807, 2.05) is 0 Å². The molecule has 1 saturated heterocycles. The van der Waals surface area contributed by atoms with Crippen LogP contribution >= 0.6 is 0 Å². The van der Waals surface area contributed by atoms with Gasteiger partial charge in [-0.1, -0.05) is 19.3 Å². The number of hydrogen-bond acceptors (Lipinski definition) is 4. The monoisotopic (exact) mass is 381 g/mol. The standard InChI is InChI=1S/C16H29F2N3O3S/c17-15(18)25(23,24)21-8-4-13(5-9-21)11-20-14(22)10-16(12-19)6-2-1-3-7-16/h13,15H,1-12,19H2,(H,20,22). The van der Waals surface area contributed by atoms with Crippen molar-refractivity contribution in [3.8, 4) is 0 Å². The van der Waals surface area contributed by atoms with Crippen LogP contribution < -0.4 is 11.1 Å². The van der Waals surface area contributed by atoms with Gasteiger partial charge in [-0.15, -0.1) is 0 Å². The number of halogens is 2. The molecule has 1 aliphatic heterocycles. The Morgan fingerprint density at radius 3 is 2.32 bits per heavy atom. The Balaban J connectivity index is 1.74. The minimum Gasteiger partial charge on any atom is -0.356 e. The Hall–Kier alpha value is -0.800. The number of carbonyl (C=O) groups excluding carboxylic acids is 1. The number of hydrogen-bond donors (Lipinski definition) is 2. The van der Waals surface area contributed by atoms with Gasteiger partial charge in [-0.3, -0.25) is 4.79 Å². The molecule has 1 heterocycles. The topological polar surface area (TPSA) is 92.5 Å². The molecule has 1 saturated carbocycles. The Morgan fingerprint density at radius 2 is 1.80 bits per heavy atom. The summed E-state index contributed by atoms with van der Waals surface area (Å²) in [5.74, 6) is -3.27. The Labute approximate surface area is 148 Å². The third kappa shape index (κ3) is 5.34. The molecular formula is C16H29F2N3O3S. The maximum atomic E-state index is 12.5. The molecule has 1 aliphatic carbocycles. The summed E-state index contributed by atoms with van der Waals surface area (Å²) in [6.07, 6.45) is 6.79. The average molecular weight is 381 g/mol.